The molecule has 0 saturated carbocycles. The standard InChI is InChI=1S/C17H19BrClNO/c1-3-20-17(13-9-14(18)11-15(19)10-13)8-12-5-4-6-16(7-12)21-2/h4-7,9-11,17,20H,3,8H2,1-2H3. The van der Waals surface area contributed by atoms with Gasteiger partial charge in [0.15, 0.2) is 0 Å². The minimum Gasteiger partial charge on any atom is -0.497 e. The summed E-state index contributed by atoms with van der Waals surface area (Å²) in [7, 11) is 1.69. The summed E-state index contributed by atoms with van der Waals surface area (Å²) < 4.78 is 6.29. The van der Waals surface area contributed by atoms with E-state index in [9.17, 15) is 0 Å². The first-order valence-corrected chi connectivity index (χ1v) is 8.11. The molecule has 0 saturated heterocycles. The van der Waals surface area contributed by atoms with Crippen LogP contribution in [0.5, 0.6) is 5.75 Å². The fourth-order valence-corrected chi connectivity index (χ4v) is 3.25. The molecule has 2 aromatic carbocycles. The minimum absolute atomic E-state index is 0.220. The molecule has 0 aliphatic carbocycles. The predicted molar refractivity (Wildman–Crippen MR) is 92.3 cm³/mol. The maximum atomic E-state index is 6.17. The van der Waals surface area contributed by atoms with Crippen molar-refractivity contribution in [3.05, 3.63) is 63.1 Å². The first-order chi connectivity index (χ1) is 10.1. The normalized spacial score (nSPS) is 12.2. The van der Waals surface area contributed by atoms with Gasteiger partial charge in [-0.2, -0.15) is 0 Å². The molecule has 2 rings (SSSR count). The Balaban J connectivity index is 2.25. The highest BCUT2D eigenvalue weighted by molar-refractivity contribution is 9.10. The maximum Gasteiger partial charge on any atom is 0.119 e. The maximum absolute atomic E-state index is 6.17. The molecule has 1 unspecified atom stereocenters. The molecule has 4 heteroatoms. The summed E-state index contributed by atoms with van der Waals surface area (Å²) in [6, 6.07) is 14.4. The van der Waals surface area contributed by atoms with Gasteiger partial charge in [-0.25, -0.2) is 0 Å². The largest absolute Gasteiger partial charge is 0.497 e. The number of methoxy groups -OCH3 is 1. The number of halogens is 2. The fourth-order valence-electron chi connectivity index (χ4n) is 2.37. The van der Waals surface area contributed by atoms with E-state index in [0.29, 0.717) is 0 Å². The number of likely N-dealkylation sites (N-methyl/N-ethyl adjacent to an activating group) is 1. The van der Waals surface area contributed by atoms with E-state index in [-0.39, 0.29) is 6.04 Å². The van der Waals surface area contributed by atoms with Gasteiger partial charge in [0.1, 0.15) is 5.75 Å². The Bertz CT molecular complexity index is 583. The van der Waals surface area contributed by atoms with Gasteiger partial charge in [-0.3, -0.25) is 0 Å². The van der Waals surface area contributed by atoms with Crippen molar-refractivity contribution in [2.24, 2.45) is 0 Å². The average Bonchev–Trinajstić information content (AvgIpc) is 2.46. The number of rotatable bonds is 6. The highest BCUT2D eigenvalue weighted by Gasteiger charge is 2.13. The monoisotopic (exact) mass is 367 g/mol. The second-order valence-corrected chi connectivity index (χ2v) is 6.22. The van der Waals surface area contributed by atoms with Gasteiger partial charge in [0.2, 0.25) is 0 Å². The third-order valence-electron chi connectivity index (χ3n) is 3.31. The third kappa shape index (κ3) is 4.73. The van der Waals surface area contributed by atoms with Crippen molar-refractivity contribution in [3.8, 4) is 5.75 Å². The molecule has 0 aliphatic heterocycles. The first kappa shape index (κ1) is 16.3. The molecular formula is C17H19BrClNO. The Morgan fingerprint density at radius 3 is 2.71 bits per heavy atom. The molecule has 0 amide bonds. The SMILES string of the molecule is CCNC(Cc1cccc(OC)c1)c1cc(Cl)cc(Br)c1. The molecule has 0 aromatic heterocycles. The Morgan fingerprint density at radius 1 is 1.24 bits per heavy atom. The summed E-state index contributed by atoms with van der Waals surface area (Å²) in [5, 5.41) is 4.26. The summed E-state index contributed by atoms with van der Waals surface area (Å²) in [5.41, 5.74) is 2.41. The van der Waals surface area contributed by atoms with Gasteiger partial charge < -0.3 is 10.1 Å². The Kier molecular flexibility index (Phi) is 6.09. The Hall–Kier alpha value is -1.03. The van der Waals surface area contributed by atoms with Crippen molar-refractivity contribution in [1.29, 1.82) is 0 Å². The van der Waals surface area contributed by atoms with Crippen molar-refractivity contribution in [2.75, 3.05) is 13.7 Å². The second-order valence-electron chi connectivity index (χ2n) is 4.87. The smallest absolute Gasteiger partial charge is 0.119 e. The Morgan fingerprint density at radius 2 is 2.05 bits per heavy atom. The van der Waals surface area contributed by atoms with Crippen LogP contribution in [0.4, 0.5) is 0 Å². The minimum atomic E-state index is 0.220. The van der Waals surface area contributed by atoms with Crippen molar-refractivity contribution in [1.82, 2.24) is 5.32 Å². The van der Waals surface area contributed by atoms with Crippen molar-refractivity contribution < 1.29 is 4.74 Å². The quantitative estimate of drug-likeness (QED) is 0.774. The molecule has 1 atom stereocenters. The van der Waals surface area contributed by atoms with Crippen molar-refractivity contribution in [3.63, 3.8) is 0 Å². The highest BCUT2D eigenvalue weighted by atomic mass is 79.9. The number of benzene rings is 2. The van der Waals surface area contributed by atoms with Crippen molar-refractivity contribution in [2.45, 2.75) is 19.4 Å². The summed E-state index contributed by atoms with van der Waals surface area (Å²) in [6.45, 7) is 3.01. The van der Waals surface area contributed by atoms with Crippen LogP contribution in [-0.2, 0) is 6.42 Å². The van der Waals surface area contributed by atoms with Crippen LogP contribution < -0.4 is 10.1 Å². The van der Waals surface area contributed by atoms with Gasteiger partial charge in [0.05, 0.1) is 7.11 Å². The summed E-state index contributed by atoms with van der Waals surface area (Å²) in [4.78, 5) is 0. The molecule has 0 radical (unpaired) electrons. The molecule has 0 spiro atoms. The van der Waals surface area contributed by atoms with Gasteiger partial charge in [-0.15, -0.1) is 0 Å². The molecule has 21 heavy (non-hydrogen) atoms. The molecule has 2 nitrogen and oxygen atoms in total. The topological polar surface area (TPSA) is 21.3 Å². The van der Waals surface area contributed by atoms with Gasteiger partial charge >= 0.3 is 0 Å². The molecule has 0 aliphatic rings. The van der Waals surface area contributed by atoms with Crippen LogP contribution in [0, 0.1) is 0 Å². The molecule has 112 valence electrons. The number of ether oxygens (including phenoxy) is 1. The van der Waals surface area contributed by atoms with Crippen LogP contribution in [0.1, 0.15) is 24.1 Å². The number of nitrogens with one attached hydrogen (secondary N) is 1. The van der Waals surface area contributed by atoms with E-state index in [1.165, 1.54) is 11.1 Å². The van der Waals surface area contributed by atoms with E-state index >= 15 is 0 Å². The number of hydrogen-bond donors (Lipinski definition) is 1. The third-order valence-corrected chi connectivity index (χ3v) is 3.99. The lowest BCUT2D eigenvalue weighted by atomic mass is 9.98. The lowest BCUT2D eigenvalue weighted by Gasteiger charge is -2.19. The molecule has 2 aromatic rings. The van der Waals surface area contributed by atoms with Crippen LogP contribution in [0.3, 0.4) is 0 Å². The van der Waals surface area contributed by atoms with E-state index in [0.717, 1.165) is 28.2 Å². The second kappa shape index (κ2) is 7.83. The molecule has 0 bridgehead atoms. The summed E-state index contributed by atoms with van der Waals surface area (Å²) in [6.07, 6.45) is 0.887. The van der Waals surface area contributed by atoms with Crippen LogP contribution in [-0.4, -0.2) is 13.7 Å². The van der Waals surface area contributed by atoms with E-state index in [1.54, 1.807) is 7.11 Å². The van der Waals surface area contributed by atoms with Gasteiger partial charge in [0, 0.05) is 15.5 Å². The van der Waals surface area contributed by atoms with Crippen LogP contribution in [0.2, 0.25) is 5.02 Å². The average molecular weight is 369 g/mol. The predicted octanol–water partition coefficient (Wildman–Crippen LogP) is 5.00. The molecular weight excluding hydrogens is 350 g/mol. The zero-order chi connectivity index (χ0) is 15.2. The first-order valence-electron chi connectivity index (χ1n) is 6.94. The van der Waals surface area contributed by atoms with Crippen LogP contribution in [0.15, 0.2) is 46.9 Å². The van der Waals surface area contributed by atoms with Crippen molar-refractivity contribution >= 4 is 27.5 Å². The van der Waals surface area contributed by atoms with E-state index in [2.05, 4.69) is 46.4 Å². The van der Waals surface area contributed by atoms with E-state index in [1.807, 2.05) is 24.3 Å². The van der Waals surface area contributed by atoms with Gasteiger partial charge in [-0.1, -0.05) is 46.6 Å². The number of hydrogen-bond acceptors (Lipinski definition) is 2. The molecule has 0 heterocycles. The lowest BCUT2D eigenvalue weighted by Crippen LogP contribution is -2.23. The zero-order valence-corrected chi connectivity index (χ0v) is 14.5. The molecule has 1 N–H and O–H groups in total. The zero-order valence-electron chi connectivity index (χ0n) is 12.2. The van der Waals surface area contributed by atoms with Crippen LogP contribution in [0.25, 0.3) is 0 Å². The highest BCUT2D eigenvalue weighted by Crippen LogP contribution is 2.27. The van der Waals surface area contributed by atoms with Crippen LogP contribution >= 0.6 is 27.5 Å². The Labute approximate surface area is 139 Å². The van der Waals surface area contributed by atoms with Gasteiger partial charge in [-0.05, 0) is 54.4 Å². The van der Waals surface area contributed by atoms with Gasteiger partial charge in [0.25, 0.3) is 0 Å². The lowest BCUT2D eigenvalue weighted by molar-refractivity contribution is 0.414. The summed E-state index contributed by atoms with van der Waals surface area (Å²) in [5.74, 6) is 0.884. The van der Waals surface area contributed by atoms with E-state index < -0.39 is 0 Å². The van der Waals surface area contributed by atoms with E-state index in [4.69, 9.17) is 16.3 Å². The molecule has 0 fully saturated rings. The summed E-state index contributed by atoms with van der Waals surface area (Å²) >= 11 is 9.68. The fraction of sp³-hybridized carbons (Fsp3) is 0.294.